The van der Waals surface area contributed by atoms with Crippen LogP contribution in [0, 0.1) is 0 Å². The third kappa shape index (κ3) is 2.98. The third-order valence-corrected chi connectivity index (χ3v) is 3.41. The summed E-state index contributed by atoms with van der Waals surface area (Å²) in [6.45, 7) is 5.57. The Hall–Kier alpha value is -1.17. The Morgan fingerprint density at radius 3 is 2.44 bits per heavy atom. The lowest BCUT2D eigenvalue weighted by Gasteiger charge is -2.34. The van der Waals surface area contributed by atoms with Gasteiger partial charge in [-0.25, -0.2) is 0 Å². The van der Waals surface area contributed by atoms with E-state index in [-0.39, 0.29) is 0 Å². The average Bonchev–Trinajstić information content (AvgIpc) is 2.38. The van der Waals surface area contributed by atoms with Crippen LogP contribution in [0.5, 0.6) is 0 Å². The van der Waals surface area contributed by atoms with Crippen LogP contribution in [0.15, 0.2) is 18.5 Å². The predicted octanol–water partition coefficient (Wildman–Crippen LogP) is 0.248. The van der Waals surface area contributed by atoms with Gasteiger partial charge in [0.1, 0.15) is 6.10 Å². The van der Waals surface area contributed by atoms with Gasteiger partial charge in [-0.05, 0) is 20.0 Å². The molecule has 1 aliphatic rings. The number of anilines is 1. The molecule has 0 aromatic carbocycles. The van der Waals surface area contributed by atoms with Gasteiger partial charge < -0.3 is 20.0 Å². The minimum Gasteiger partial charge on any atom is -0.390 e. The minimum atomic E-state index is -0.870. The van der Waals surface area contributed by atoms with Crippen LogP contribution in [0.2, 0.25) is 0 Å². The highest BCUT2D eigenvalue weighted by Crippen LogP contribution is 2.22. The van der Waals surface area contributed by atoms with Gasteiger partial charge in [0.2, 0.25) is 0 Å². The summed E-state index contributed by atoms with van der Waals surface area (Å²) in [5, 5.41) is 19.3. The lowest BCUT2D eigenvalue weighted by atomic mass is 10.1. The molecule has 1 aromatic heterocycles. The van der Waals surface area contributed by atoms with Crippen molar-refractivity contribution in [2.24, 2.45) is 0 Å². The van der Waals surface area contributed by atoms with E-state index in [1.165, 1.54) is 0 Å². The first-order valence-electron chi connectivity index (χ1n) is 6.32. The summed E-state index contributed by atoms with van der Waals surface area (Å²) in [6.07, 6.45) is 1.76. The van der Waals surface area contributed by atoms with Crippen molar-refractivity contribution in [3.8, 4) is 0 Å². The lowest BCUT2D eigenvalue weighted by Crippen LogP contribution is -2.44. The Balaban J connectivity index is 2.12. The fourth-order valence-electron chi connectivity index (χ4n) is 2.12. The zero-order valence-electron chi connectivity index (χ0n) is 11.0. The first-order chi connectivity index (χ1) is 8.58. The zero-order chi connectivity index (χ0) is 13.1. The van der Waals surface area contributed by atoms with Gasteiger partial charge in [0.25, 0.3) is 0 Å². The number of aromatic nitrogens is 1. The monoisotopic (exact) mass is 251 g/mol. The average molecular weight is 251 g/mol. The molecule has 2 atom stereocenters. The zero-order valence-corrected chi connectivity index (χ0v) is 11.0. The van der Waals surface area contributed by atoms with Crippen LogP contribution in [-0.4, -0.2) is 59.4 Å². The highest BCUT2D eigenvalue weighted by molar-refractivity contribution is 5.47. The van der Waals surface area contributed by atoms with E-state index in [0.29, 0.717) is 5.56 Å². The number of rotatable bonds is 3. The predicted molar refractivity (Wildman–Crippen MR) is 70.6 cm³/mol. The summed E-state index contributed by atoms with van der Waals surface area (Å²) in [7, 11) is 2.11. The molecular weight excluding hydrogens is 230 g/mol. The summed E-state index contributed by atoms with van der Waals surface area (Å²) in [6, 6.07) is 1.91. The van der Waals surface area contributed by atoms with Gasteiger partial charge in [0, 0.05) is 37.9 Å². The van der Waals surface area contributed by atoms with Gasteiger partial charge in [0.05, 0.1) is 18.0 Å². The standard InChI is InChI=1S/C13H21N3O2/c1-10(17)13(18)11-7-12(9-14-8-11)16-5-3-15(2)4-6-16/h7-10,13,17-18H,3-6H2,1-2H3. The van der Waals surface area contributed by atoms with Gasteiger partial charge in [-0.3, -0.25) is 4.98 Å². The molecule has 18 heavy (non-hydrogen) atoms. The van der Waals surface area contributed by atoms with E-state index in [0.717, 1.165) is 31.9 Å². The lowest BCUT2D eigenvalue weighted by molar-refractivity contribution is 0.0303. The van der Waals surface area contributed by atoms with E-state index in [9.17, 15) is 10.2 Å². The minimum absolute atomic E-state index is 0.668. The van der Waals surface area contributed by atoms with Crippen molar-refractivity contribution in [1.29, 1.82) is 0 Å². The molecule has 1 saturated heterocycles. The van der Waals surface area contributed by atoms with E-state index >= 15 is 0 Å². The molecule has 100 valence electrons. The van der Waals surface area contributed by atoms with Crippen LogP contribution in [0.4, 0.5) is 5.69 Å². The number of piperazine rings is 1. The Kier molecular flexibility index (Phi) is 4.16. The molecule has 0 radical (unpaired) electrons. The van der Waals surface area contributed by atoms with Crippen LogP contribution >= 0.6 is 0 Å². The first-order valence-corrected chi connectivity index (χ1v) is 6.32. The molecule has 0 aliphatic carbocycles. The van der Waals surface area contributed by atoms with E-state index < -0.39 is 12.2 Å². The molecular formula is C13H21N3O2. The number of nitrogens with zero attached hydrogens (tertiary/aromatic N) is 3. The Morgan fingerprint density at radius 1 is 1.17 bits per heavy atom. The van der Waals surface area contributed by atoms with Crippen LogP contribution in [0.1, 0.15) is 18.6 Å². The molecule has 1 aromatic rings. The van der Waals surface area contributed by atoms with Crippen LogP contribution < -0.4 is 4.90 Å². The first kappa shape index (κ1) is 13.3. The van der Waals surface area contributed by atoms with Crippen LogP contribution in [0.25, 0.3) is 0 Å². The molecule has 0 spiro atoms. The maximum atomic E-state index is 9.85. The Labute approximate surface area is 108 Å². The van der Waals surface area contributed by atoms with Crippen molar-refractivity contribution < 1.29 is 10.2 Å². The molecule has 2 heterocycles. The number of likely N-dealkylation sites (N-methyl/N-ethyl adjacent to an activating group) is 1. The van der Waals surface area contributed by atoms with Crippen LogP contribution in [-0.2, 0) is 0 Å². The quantitative estimate of drug-likeness (QED) is 0.806. The number of pyridine rings is 1. The van der Waals surface area contributed by atoms with Gasteiger partial charge >= 0.3 is 0 Å². The molecule has 5 nitrogen and oxygen atoms in total. The SMILES string of the molecule is CC(O)C(O)c1cncc(N2CCN(C)CC2)c1. The maximum Gasteiger partial charge on any atom is 0.106 e. The Morgan fingerprint density at radius 2 is 1.83 bits per heavy atom. The van der Waals surface area contributed by atoms with E-state index in [1.807, 2.05) is 12.3 Å². The largest absolute Gasteiger partial charge is 0.390 e. The second-order valence-corrected chi connectivity index (χ2v) is 4.95. The van der Waals surface area contributed by atoms with E-state index in [1.54, 1.807) is 13.1 Å². The summed E-state index contributed by atoms with van der Waals surface area (Å²) >= 11 is 0. The fourth-order valence-corrected chi connectivity index (χ4v) is 2.12. The summed E-state index contributed by atoms with van der Waals surface area (Å²) in [5.74, 6) is 0. The van der Waals surface area contributed by atoms with Gasteiger partial charge in [-0.2, -0.15) is 0 Å². The van der Waals surface area contributed by atoms with Crippen molar-refractivity contribution in [2.75, 3.05) is 38.1 Å². The number of hydrogen-bond donors (Lipinski definition) is 2. The molecule has 0 amide bonds. The van der Waals surface area contributed by atoms with Gasteiger partial charge in [-0.15, -0.1) is 0 Å². The fraction of sp³-hybridized carbons (Fsp3) is 0.615. The smallest absolute Gasteiger partial charge is 0.106 e. The topological polar surface area (TPSA) is 59.8 Å². The molecule has 0 saturated carbocycles. The molecule has 5 heteroatoms. The highest BCUT2D eigenvalue weighted by Gasteiger charge is 2.18. The molecule has 1 fully saturated rings. The summed E-state index contributed by atoms with van der Waals surface area (Å²) in [5.41, 5.74) is 1.68. The van der Waals surface area contributed by atoms with Crippen molar-refractivity contribution in [2.45, 2.75) is 19.1 Å². The van der Waals surface area contributed by atoms with Crippen molar-refractivity contribution >= 4 is 5.69 Å². The number of hydrogen-bond acceptors (Lipinski definition) is 5. The molecule has 2 unspecified atom stereocenters. The number of aliphatic hydroxyl groups is 2. The second-order valence-electron chi connectivity index (χ2n) is 4.95. The normalized spacial score (nSPS) is 20.8. The van der Waals surface area contributed by atoms with Crippen molar-refractivity contribution in [3.63, 3.8) is 0 Å². The van der Waals surface area contributed by atoms with Crippen molar-refractivity contribution in [1.82, 2.24) is 9.88 Å². The van der Waals surface area contributed by atoms with Gasteiger partial charge in [-0.1, -0.05) is 0 Å². The summed E-state index contributed by atoms with van der Waals surface area (Å²) < 4.78 is 0. The molecule has 2 N–H and O–H groups in total. The van der Waals surface area contributed by atoms with E-state index in [4.69, 9.17) is 0 Å². The van der Waals surface area contributed by atoms with Crippen molar-refractivity contribution in [3.05, 3.63) is 24.0 Å². The third-order valence-electron chi connectivity index (χ3n) is 3.41. The molecule has 0 bridgehead atoms. The van der Waals surface area contributed by atoms with Gasteiger partial charge in [0.15, 0.2) is 0 Å². The van der Waals surface area contributed by atoms with E-state index in [2.05, 4.69) is 21.8 Å². The maximum absolute atomic E-state index is 9.85. The second kappa shape index (κ2) is 5.65. The molecule has 1 aliphatic heterocycles. The molecule has 2 rings (SSSR count). The Bertz CT molecular complexity index is 390. The number of aliphatic hydroxyl groups excluding tert-OH is 2. The van der Waals surface area contributed by atoms with Crippen LogP contribution in [0.3, 0.4) is 0 Å². The highest BCUT2D eigenvalue weighted by atomic mass is 16.3. The summed E-state index contributed by atoms with van der Waals surface area (Å²) in [4.78, 5) is 8.70.